The number of carbonyl (C=O) groups is 1. The van der Waals surface area contributed by atoms with E-state index in [1.807, 2.05) is 50.2 Å². The fourth-order valence-corrected chi connectivity index (χ4v) is 2.96. The topological polar surface area (TPSA) is 41.5 Å². The Morgan fingerprint density at radius 2 is 1.78 bits per heavy atom. The SMILES string of the molecule is C/C(=N/NC(=O)CSCc1ccccc1C)c1ccc(C)cc1. The Balaban J connectivity index is 1.79. The van der Waals surface area contributed by atoms with E-state index in [0.717, 1.165) is 17.0 Å². The molecule has 0 heterocycles. The second-order valence-corrected chi connectivity index (χ2v) is 6.50. The summed E-state index contributed by atoms with van der Waals surface area (Å²) < 4.78 is 0. The first-order valence-electron chi connectivity index (χ1n) is 7.58. The first-order chi connectivity index (χ1) is 11.1. The summed E-state index contributed by atoms with van der Waals surface area (Å²) in [4.78, 5) is 11.9. The van der Waals surface area contributed by atoms with E-state index in [0.29, 0.717) is 5.75 Å². The van der Waals surface area contributed by atoms with E-state index in [9.17, 15) is 4.79 Å². The quantitative estimate of drug-likeness (QED) is 0.642. The molecule has 2 aromatic carbocycles. The predicted molar refractivity (Wildman–Crippen MR) is 98.9 cm³/mol. The van der Waals surface area contributed by atoms with Crippen LogP contribution in [-0.4, -0.2) is 17.4 Å². The van der Waals surface area contributed by atoms with Crippen molar-refractivity contribution in [2.75, 3.05) is 5.75 Å². The van der Waals surface area contributed by atoms with Gasteiger partial charge in [-0.15, -0.1) is 11.8 Å². The highest BCUT2D eigenvalue weighted by atomic mass is 32.2. The number of hydrogen-bond acceptors (Lipinski definition) is 3. The third-order valence-electron chi connectivity index (χ3n) is 3.57. The second-order valence-electron chi connectivity index (χ2n) is 5.52. The van der Waals surface area contributed by atoms with E-state index in [1.165, 1.54) is 16.7 Å². The molecule has 0 saturated carbocycles. The highest BCUT2D eigenvalue weighted by Crippen LogP contribution is 2.15. The number of carbonyl (C=O) groups excluding carboxylic acids is 1. The van der Waals surface area contributed by atoms with Gasteiger partial charge in [-0.3, -0.25) is 4.79 Å². The lowest BCUT2D eigenvalue weighted by Gasteiger charge is -2.05. The van der Waals surface area contributed by atoms with Crippen LogP contribution in [0, 0.1) is 13.8 Å². The number of hydrogen-bond donors (Lipinski definition) is 1. The van der Waals surface area contributed by atoms with Gasteiger partial charge in [-0.1, -0.05) is 54.1 Å². The zero-order valence-corrected chi connectivity index (χ0v) is 14.6. The Morgan fingerprint density at radius 1 is 1.09 bits per heavy atom. The second kappa shape index (κ2) is 8.53. The van der Waals surface area contributed by atoms with E-state index >= 15 is 0 Å². The smallest absolute Gasteiger partial charge is 0.250 e. The van der Waals surface area contributed by atoms with Gasteiger partial charge in [0.25, 0.3) is 0 Å². The van der Waals surface area contributed by atoms with E-state index in [1.54, 1.807) is 11.8 Å². The molecule has 0 saturated heterocycles. The predicted octanol–water partition coefficient (Wildman–Crippen LogP) is 4.08. The molecule has 0 bridgehead atoms. The first-order valence-corrected chi connectivity index (χ1v) is 8.74. The Labute approximate surface area is 142 Å². The van der Waals surface area contributed by atoms with Gasteiger partial charge in [-0.2, -0.15) is 5.10 Å². The molecule has 1 N–H and O–H groups in total. The van der Waals surface area contributed by atoms with Crippen LogP contribution in [0.2, 0.25) is 0 Å². The van der Waals surface area contributed by atoms with Crippen molar-refractivity contribution in [2.24, 2.45) is 5.10 Å². The molecule has 0 aromatic heterocycles. The molecule has 0 unspecified atom stereocenters. The maximum Gasteiger partial charge on any atom is 0.250 e. The zero-order chi connectivity index (χ0) is 16.7. The minimum atomic E-state index is -0.0740. The Kier molecular flexibility index (Phi) is 6.41. The van der Waals surface area contributed by atoms with Crippen LogP contribution in [0.25, 0.3) is 0 Å². The van der Waals surface area contributed by atoms with Crippen molar-refractivity contribution in [2.45, 2.75) is 26.5 Å². The average molecular weight is 326 g/mol. The van der Waals surface area contributed by atoms with E-state index in [4.69, 9.17) is 0 Å². The third kappa shape index (κ3) is 5.57. The van der Waals surface area contributed by atoms with Crippen molar-refractivity contribution in [1.82, 2.24) is 5.43 Å². The van der Waals surface area contributed by atoms with E-state index in [2.05, 4.69) is 29.6 Å². The number of rotatable bonds is 6. The molecule has 0 aliphatic rings. The lowest BCUT2D eigenvalue weighted by Crippen LogP contribution is -2.21. The number of thioether (sulfide) groups is 1. The van der Waals surface area contributed by atoms with Crippen LogP contribution in [-0.2, 0) is 10.5 Å². The van der Waals surface area contributed by atoms with E-state index in [-0.39, 0.29) is 5.91 Å². The molecule has 0 radical (unpaired) electrons. The van der Waals surface area contributed by atoms with Gasteiger partial charge in [-0.05, 0) is 37.5 Å². The number of nitrogens with zero attached hydrogens (tertiary/aromatic N) is 1. The normalized spacial score (nSPS) is 11.3. The van der Waals surface area contributed by atoms with Gasteiger partial charge in [0.05, 0.1) is 11.5 Å². The summed E-state index contributed by atoms with van der Waals surface area (Å²) in [6.45, 7) is 6.03. The summed E-state index contributed by atoms with van der Waals surface area (Å²) in [7, 11) is 0. The molecular weight excluding hydrogens is 304 g/mol. The Bertz CT molecular complexity index is 693. The summed E-state index contributed by atoms with van der Waals surface area (Å²) in [6, 6.07) is 16.3. The molecule has 2 rings (SSSR count). The summed E-state index contributed by atoms with van der Waals surface area (Å²) in [6.07, 6.45) is 0. The van der Waals surface area contributed by atoms with Gasteiger partial charge in [0, 0.05) is 5.75 Å². The van der Waals surface area contributed by atoms with Crippen LogP contribution >= 0.6 is 11.8 Å². The van der Waals surface area contributed by atoms with Crippen LogP contribution in [0.15, 0.2) is 53.6 Å². The number of aryl methyl sites for hydroxylation is 2. The molecular formula is C19H22N2OS. The first kappa shape index (κ1) is 17.3. The summed E-state index contributed by atoms with van der Waals surface area (Å²) in [5.41, 5.74) is 8.18. The standard InChI is InChI=1S/C19H22N2OS/c1-14-8-10-17(11-9-14)16(3)20-21-19(22)13-23-12-18-7-5-4-6-15(18)2/h4-11H,12-13H2,1-3H3,(H,21,22)/b20-16-. The fraction of sp³-hybridized carbons (Fsp3) is 0.263. The molecule has 120 valence electrons. The van der Waals surface area contributed by atoms with Crippen molar-refractivity contribution in [1.29, 1.82) is 0 Å². The van der Waals surface area contributed by atoms with Gasteiger partial charge in [0.2, 0.25) is 5.91 Å². The van der Waals surface area contributed by atoms with Crippen molar-refractivity contribution in [3.8, 4) is 0 Å². The summed E-state index contributed by atoms with van der Waals surface area (Å²) >= 11 is 1.60. The molecule has 3 nitrogen and oxygen atoms in total. The van der Waals surface area contributed by atoms with Crippen molar-refractivity contribution in [3.63, 3.8) is 0 Å². The monoisotopic (exact) mass is 326 g/mol. The molecule has 0 aliphatic heterocycles. The molecule has 23 heavy (non-hydrogen) atoms. The van der Waals surface area contributed by atoms with Gasteiger partial charge in [0.15, 0.2) is 0 Å². The molecule has 0 fully saturated rings. The van der Waals surface area contributed by atoms with Crippen LogP contribution in [0.3, 0.4) is 0 Å². The lowest BCUT2D eigenvalue weighted by molar-refractivity contribution is -0.118. The van der Waals surface area contributed by atoms with Gasteiger partial charge < -0.3 is 0 Å². The van der Waals surface area contributed by atoms with Gasteiger partial charge >= 0.3 is 0 Å². The maximum atomic E-state index is 11.9. The molecule has 0 spiro atoms. The van der Waals surface area contributed by atoms with Crippen LogP contribution in [0.1, 0.15) is 29.2 Å². The van der Waals surface area contributed by atoms with Crippen molar-refractivity contribution < 1.29 is 4.79 Å². The lowest BCUT2D eigenvalue weighted by atomic mass is 10.1. The fourth-order valence-electron chi connectivity index (χ4n) is 2.06. The molecule has 2 aromatic rings. The van der Waals surface area contributed by atoms with Gasteiger partial charge in [-0.25, -0.2) is 5.43 Å². The minimum Gasteiger partial charge on any atom is -0.272 e. The molecule has 0 atom stereocenters. The Hall–Kier alpha value is -2.07. The highest BCUT2D eigenvalue weighted by molar-refractivity contribution is 7.99. The van der Waals surface area contributed by atoms with Gasteiger partial charge in [0.1, 0.15) is 0 Å². The summed E-state index contributed by atoms with van der Waals surface area (Å²) in [5.74, 6) is 1.16. The van der Waals surface area contributed by atoms with E-state index < -0.39 is 0 Å². The number of benzene rings is 2. The highest BCUT2D eigenvalue weighted by Gasteiger charge is 2.03. The third-order valence-corrected chi connectivity index (χ3v) is 4.55. The average Bonchev–Trinajstić information content (AvgIpc) is 2.55. The van der Waals surface area contributed by atoms with Crippen molar-refractivity contribution in [3.05, 3.63) is 70.8 Å². The Morgan fingerprint density at radius 3 is 2.48 bits per heavy atom. The van der Waals surface area contributed by atoms with Crippen LogP contribution in [0.5, 0.6) is 0 Å². The number of amides is 1. The maximum absolute atomic E-state index is 11.9. The van der Waals surface area contributed by atoms with Crippen molar-refractivity contribution >= 4 is 23.4 Å². The largest absolute Gasteiger partial charge is 0.272 e. The number of nitrogens with one attached hydrogen (secondary N) is 1. The zero-order valence-electron chi connectivity index (χ0n) is 13.8. The van der Waals surface area contributed by atoms with Crippen LogP contribution < -0.4 is 5.43 Å². The minimum absolute atomic E-state index is 0.0740. The summed E-state index contributed by atoms with van der Waals surface area (Å²) in [5, 5.41) is 4.17. The molecule has 1 amide bonds. The molecule has 4 heteroatoms. The number of hydrazone groups is 1. The van der Waals surface area contributed by atoms with Crippen LogP contribution in [0.4, 0.5) is 0 Å². The molecule has 0 aliphatic carbocycles.